The zero-order valence-electron chi connectivity index (χ0n) is 19.3. The predicted octanol–water partition coefficient (Wildman–Crippen LogP) is 4.24. The fraction of sp³-hybridized carbons (Fsp3) is 0.240. The highest BCUT2D eigenvalue weighted by Gasteiger charge is 2.25. The molecular formula is C25H25ClN8O. The molecule has 0 bridgehead atoms. The summed E-state index contributed by atoms with van der Waals surface area (Å²) in [5.74, 6) is 0.753. The Morgan fingerprint density at radius 3 is 2.57 bits per heavy atom. The van der Waals surface area contributed by atoms with Crippen molar-refractivity contribution in [2.24, 2.45) is 0 Å². The highest BCUT2D eigenvalue weighted by Crippen LogP contribution is 2.27. The molecule has 178 valence electrons. The van der Waals surface area contributed by atoms with Crippen LogP contribution < -0.4 is 16.0 Å². The van der Waals surface area contributed by atoms with Gasteiger partial charge in [0.25, 0.3) is 0 Å². The summed E-state index contributed by atoms with van der Waals surface area (Å²) in [5.41, 5.74) is 10.5. The van der Waals surface area contributed by atoms with E-state index >= 15 is 0 Å². The number of carbonyl (C=O) groups is 1. The van der Waals surface area contributed by atoms with E-state index in [0.29, 0.717) is 53.9 Å². The van der Waals surface area contributed by atoms with Gasteiger partial charge >= 0.3 is 6.03 Å². The van der Waals surface area contributed by atoms with Crippen molar-refractivity contribution in [3.63, 3.8) is 0 Å². The third-order valence-corrected chi connectivity index (χ3v) is 6.25. The summed E-state index contributed by atoms with van der Waals surface area (Å²) in [7, 11) is 0. The maximum atomic E-state index is 12.8. The molecule has 2 amide bonds. The molecule has 3 N–H and O–H groups in total. The van der Waals surface area contributed by atoms with Crippen LogP contribution in [0.25, 0.3) is 22.4 Å². The molecule has 1 aliphatic rings. The number of anilines is 3. The number of aromatic nitrogens is 4. The molecule has 0 aliphatic carbocycles. The van der Waals surface area contributed by atoms with E-state index in [2.05, 4.69) is 32.1 Å². The second-order valence-corrected chi connectivity index (χ2v) is 8.73. The van der Waals surface area contributed by atoms with Gasteiger partial charge in [0.1, 0.15) is 0 Å². The quantitative estimate of drug-likeness (QED) is 0.441. The van der Waals surface area contributed by atoms with Crippen molar-refractivity contribution in [2.75, 3.05) is 42.1 Å². The number of hydrogen-bond donors (Lipinski definition) is 2. The van der Waals surface area contributed by atoms with Gasteiger partial charge in [0, 0.05) is 42.5 Å². The Balaban J connectivity index is 1.34. The normalized spacial score (nSPS) is 13.8. The molecule has 1 fully saturated rings. The van der Waals surface area contributed by atoms with Crippen LogP contribution >= 0.6 is 11.6 Å². The van der Waals surface area contributed by atoms with Crippen LogP contribution in [0.15, 0.2) is 54.7 Å². The molecule has 1 aliphatic heterocycles. The monoisotopic (exact) mass is 488 g/mol. The Labute approximate surface area is 208 Å². The van der Waals surface area contributed by atoms with Gasteiger partial charge in [-0.2, -0.15) is 9.97 Å². The van der Waals surface area contributed by atoms with Crippen molar-refractivity contribution in [3.05, 3.63) is 65.3 Å². The van der Waals surface area contributed by atoms with Gasteiger partial charge in [-0.1, -0.05) is 42.8 Å². The average molecular weight is 489 g/mol. The van der Waals surface area contributed by atoms with E-state index in [1.165, 1.54) is 5.56 Å². The first-order valence-corrected chi connectivity index (χ1v) is 11.8. The lowest BCUT2D eigenvalue weighted by molar-refractivity contribution is 0.208. The molecule has 4 aromatic rings. The lowest BCUT2D eigenvalue weighted by Crippen LogP contribution is -2.50. The second-order valence-electron chi connectivity index (χ2n) is 8.30. The molecule has 5 rings (SSSR count). The number of amides is 2. The number of benzene rings is 2. The second kappa shape index (κ2) is 9.71. The zero-order chi connectivity index (χ0) is 24.4. The number of nitrogens with one attached hydrogen (secondary N) is 1. The summed E-state index contributed by atoms with van der Waals surface area (Å²) in [5, 5.41) is 3.65. The summed E-state index contributed by atoms with van der Waals surface area (Å²) < 4.78 is 0. The third-order valence-electron chi connectivity index (χ3n) is 6.00. The minimum absolute atomic E-state index is 0.116. The Hall–Kier alpha value is -3.98. The average Bonchev–Trinajstić information content (AvgIpc) is 2.88. The lowest BCUT2D eigenvalue weighted by atomic mass is 10.1. The van der Waals surface area contributed by atoms with E-state index < -0.39 is 0 Å². The molecule has 2 aromatic heterocycles. The molecule has 0 atom stereocenters. The molecule has 9 nitrogen and oxygen atoms in total. The zero-order valence-corrected chi connectivity index (χ0v) is 20.0. The number of halogens is 1. The van der Waals surface area contributed by atoms with Crippen LogP contribution in [0, 0.1) is 0 Å². The summed E-state index contributed by atoms with van der Waals surface area (Å²) in [6.45, 7) is 4.33. The highest BCUT2D eigenvalue weighted by atomic mass is 35.5. The van der Waals surface area contributed by atoms with Gasteiger partial charge in [0.15, 0.2) is 17.0 Å². The molecule has 2 aromatic carbocycles. The van der Waals surface area contributed by atoms with Gasteiger partial charge in [-0.15, -0.1) is 0 Å². The van der Waals surface area contributed by atoms with Crippen LogP contribution in [0.2, 0.25) is 5.02 Å². The minimum Gasteiger partial charge on any atom is -0.368 e. The molecule has 0 spiro atoms. The number of carbonyl (C=O) groups excluding carboxylic acids is 1. The number of nitrogens with zero attached hydrogens (tertiary/aromatic N) is 6. The first-order chi connectivity index (χ1) is 17.0. The van der Waals surface area contributed by atoms with Crippen molar-refractivity contribution in [3.8, 4) is 11.3 Å². The molecule has 35 heavy (non-hydrogen) atoms. The van der Waals surface area contributed by atoms with Gasteiger partial charge in [0.05, 0.1) is 11.9 Å². The predicted molar refractivity (Wildman–Crippen MR) is 139 cm³/mol. The van der Waals surface area contributed by atoms with Crippen molar-refractivity contribution >= 4 is 46.2 Å². The topological polar surface area (TPSA) is 113 Å². The van der Waals surface area contributed by atoms with E-state index in [4.69, 9.17) is 22.3 Å². The van der Waals surface area contributed by atoms with Crippen LogP contribution in [0.3, 0.4) is 0 Å². The maximum Gasteiger partial charge on any atom is 0.321 e. The van der Waals surface area contributed by atoms with Crippen molar-refractivity contribution < 1.29 is 4.79 Å². The number of nitrogens with two attached hydrogens (primary N) is 1. The number of rotatable bonds is 4. The number of fused-ring (bicyclic) bond motifs is 1. The smallest absolute Gasteiger partial charge is 0.321 e. The van der Waals surface area contributed by atoms with E-state index in [1.807, 2.05) is 48.5 Å². The van der Waals surface area contributed by atoms with Crippen LogP contribution in [0.4, 0.5) is 22.2 Å². The van der Waals surface area contributed by atoms with Crippen molar-refractivity contribution in [2.45, 2.75) is 13.3 Å². The molecule has 0 saturated carbocycles. The Bertz CT molecular complexity index is 1370. The Kier molecular flexibility index (Phi) is 6.33. The van der Waals surface area contributed by atoms with Gasteiger partial charge in [-0.3, -0.25) is 0 Å². The number of nitrogen functional groups attached to an aromatic ring is 1. The van der Waals surface area contributed by atoms with E-state index in [1.54, 1.807) is 11.1 Å². The third kappa shape index (κ3) is 4.95. The Morgan fingerprint density at radius 2 is 1.83 bits per heavy atom. The van der Waals surface area contributed by atoms with Gasteiger partial charge in [0.2, 0.25) is 5.95 Å². The standard InChI is InChI=1S/C25H25ClN8O/c1-2-16-4-3-5-19(14-16)29-25(35)34-12-10-33(11-13-34)23-21-22(31-24(27)32-23)28-15-20(30-21)17-6-8-18(26)9-7-17/h3-9,14-15H,2,10-13H2,1H3,(H,29,35)(H2,27,28,31,32). The van der Waals surface area contributed by atoms with Crippen molar-refractivity contribution in [1.82, 2.24) is 24.8 Å². The summed E-state index contributed by atoms with van der Waals surface area (Å²) in [6.07, 6.45) is 2.58. The highest BCUT2D eigenvalue weighted by molar-refractivity contribution is 6.30. The molecular weight excluding hydrogens is 464 g/mol. The fourth-order valence-electron chi connectivity index (χ4n) is 4.08. The van der Waals surface area contributed by atoms with Crippen LogP contribution in [-0.4, -0.2) is 57.0 Å². The Morgan fingerprint density at radius 1 is 1.06 bits per heavy atom. The minimum atomic E-state index is -0.116. The van der Waals surface area contributed by atoms with Gasteiger partial charge < -0.3 is 20.9 Å². The molecule has 1 saturated heterocycles. The molecule has 10 heteroatoms. The molecule has 0 radical (unpaired) electrons. The van der Waals surface area contributed by atoms with Crippen LogP contribution in [0.5, 0.6) is 0 Å². The number of piperazine rings is 1. The van der Waals surface area contributed by atoms with E-state index in [-0.39, 0.29) is 12.0 Å². The fourth-order valence-corrected chi connectivity index (χ4v) is 4.21. The number of hydrogen-bond acceptors (Lipinski definition) is 7. The van der Waals surface area contributed by atoms with Crippen molar-refractivity contribution in [1.29, 1.82) is 0 Å². The molecule has 0 unspecified atom stereocenters. The number of urea groups is 1. The largest absolute Gasteiger partial charge is 0.368 e. The first-order valence-electron chi connectivity index (χ1n) is 11.5. The maximum absolute atomic E-state index is 12.8. The number of aryl methyl sites for hydroxylation is 1. The first kappa shape index (κ1) is 22.8. The van der Waals surface area contributed by atoms with Gasteiger partial charge in [-0.05, 0) is 36.2 Å². The van der Waals surface area contributed by atoms with Crippen LogP contribution in [0.1, 0.15) is 12.5 Å². The molecule has 3 heterocycles. The SMILES string of the molecule is CCc1cccc(NC(=O)N2CCN(c3nc(N)nc4ncc(-c5ccc(Cl)cc5)nc34)CC2)c1. The summed E-state index contributed by atoms with van der Waals surface area (Å²) in [4.78, 5) is 34.7. The summed E-state index contributed by atoms with van der Waals surface area (Å²) in [6, 6.07) is 15.2. The summed E-state index contributed by atoms with van der Waals surface area (Å²) >= 11 is 6.02. The van der Waals surface area contributed by atoms with E-state index in [9.17, 15) is 4.79 Å². The lowest BCUT2D eigenvalue weighted by Gasteiger charge is -2.35. The van der Waals surface area contributed by atoms with E-state index in [0.717, 1.165) is 17.7 Å². The van der Waals surface area contributed by atoms with Crippen LogP contribution in [-0.2, 0) is 6.42 Å². The van der Waals surface area contributed by atoms with Gasteiger partial charge in [-0.25, -0.2) is 14.8 Å².